The zero-order valence-electron chi connectivity index (χ0n) is 17.6. The number of hydroxylamine groups is 2. The number of benzene rings is 1. The van der Waals surface area contributed by atoms with Crippen molar-refractivity contribution in [2.24, 2.45) is 5.92 Å². The summed E-state index contributed by atoms with van der Waals surface area (Å²) >= 11 is 0. The van der Waals surface area contributed by atoms with Crippen LogP contribution in [0.25, 0.3) is 5.57 Å². The monoisotopic (exact) mass is 403 g/mol. The minimum absolute atomic E-state index is 0.00684. The van der Waals surface area contributed by atoms with Gasteiger partial charge in [-0.15, -0.1) is 0 Å². The van der Waals surface area contributed by atoms with Crippen molar-refractivity contribution in [3.63, 3.8) is 0 Å². The maximum atomic E-state index is 12.6. The van der Waals surface area contributed by atoms with Crippen LogP contribution in [0.5, 0.6) is 5.75 Å². The van der Waals surface area contributed by atoms with Crippen LogP contribution in [0, 0.1) is 5.92 Å². The first kappa shape index (κ1) is 22.6. The average molecular weight is 403 g/mol. The summed E-state index contributed by atoms with van der Waals surface area (Å²) in [5, 5.41) is 21.5. The third kappa shape index (κ3) is 4.68. The van der Waals surface area contributed by atoms with E-state index < -0.39 is 17.6 Å². The van der Waals surface area contributed by atoms with Gasteiger partial charge in [-0.2, -0.15) is 5.06 Å². The van der Waals surface area contributed by atoms with Gasteiger partial charge in [-0.05, 0) is 56.9 Å². The summed E-state index contributed by atoms with van der Waals surface area (Å²) < 4.78 is 10.6. The highest BCUT2D eigenvalue weighted by molar-refractivity contribution is 6.14. The highest BCUT2D eigenvalue weighted by Crippen LogP contribution is 2.42. The molecule has 1 aliphatic rings. The number of amides is 1. The Labute approximate surface area is 171 Å². The van der Waals surface area contributed by atoms with E-state index in [0.29, 0.717) is 17.9 Å². The lowest BCUT2D eigenvalue weighted by Gasteiger charge is -2.29. The van der Waals surface area contributed by atoms with Gasteiger partial charge >= 0.3 is 5.97 Å². The zero-order valence-corrected chi connectivity index (χ0v) is 17.6. The van der Waals surface area contributed by atoms with Crippen LogP contribution >= 0.6 is 0 Å². The van der Waals surface area contributed by atoms with Gasteiger partial charge < -0.3 is 14.6 Å². The molecule has 0 spiro atoms. The summed E-state index contributed by atoms with van der Waals surface area (Å²) in [6.07, 6.45) is 2.22. The Kier molecular flexibility index (Phi) is 7.21. The van der Waals surface area contributed by atoms with Gasteiger partial charge in [0.05, 0.1) is 6.61 Å². The number of carbonyl (C=O) groups excluding carboxylic acids is 2. The van der Waals surface area contributed by atoms with E-state index in [2.05, 4.69) is 0 Å². The number of ether oxygens (including phenoxy) is 2. The number of rotatable bonds is 8. The minimum atomic E-state index is -2.60. The fourth-order valence-electron chi connectivity index (χ4n) is 3.11. The second kappa shape index (κ2) is 9.24. The third-order valence-corrected chi connectivity index (χ3v) is 4.46. The molecule has 0 saturated heterocycles. The molecule has 1 aliphatic heterocycles. The predicted molar refractivity (Wildman–Crippen MR) is 108 cm³/mol. The highest BCUT2D eigenvalue weighted by Gasteiger charge is 2.57. The fourth-order valence-corrected chi connectivity index (χ4v) is 3.11. The van der Waals surface area contributed by atoms with Crippen molar-refractivity contribution in [3.05, 3.63) is 47.1 Å². The topological polar surface area (TPSA) is 96.3 Å². The van der Waals surface area contributed by atoms with Crippen LogP contribution in [0.4, 0.5) is 0 Å². The standard InChI is InChI=1S/C22H29NO6/c1-6-28-21(25)22(26)19(18(13-15(4)5)20(24)23(22)27)16-7-9-17(10-8-16)29-12-11-14(2)3/h7-11,15,26-27H,6,12-13H2,1-5H3/t22-/m1/s1. The van der Waals surface area contributed by atoms with Crippen molar-refractivity contribution in [3.8, 4) is 5.75 Å². The molecule has 1 amide bonds. The van der Waals surface area contributed by atoms with Gasteiger partial charge in [0, 0.05) is 11.1 Å². The molecule has 1 aromatic carbocycles. The molecule has 2 rings (SSSR count). The van der Waals surface area contributed by atoms with Crippen molar-refractivity contribution in [1.29, 1.82) is 0 Å². The summed E-state index contributed by atoms with van der Waals surface area (Å²) in [4.78, 5) is 25.2. The highest BCUT2D eigenvalue weighted by atomic mass is 16.6. The SMILES string of the molecule is CCOC(=O)[C@]1(O)C(c2ccc(OCC=C(C)C)cc2)=C(CC(C)C)C(=O)N1O. The van der Waals surface area contributed by atoms with Crippen molar-refractivity contribution >= 4 is 17.4 Å². The predicted octanol–water partition coefficient (Wildman–Crippen LogP) is 3.31. The van der Waals surface area contributed by atoms with Crippen molar-refractivity contribution in [1.82, 2.24) is 5.06 Å². The van der Waals surface area contributed by atoms with E-state index in [9.17, 15) is 19.9 Å². The van der Waals surface area contributed by atoms with Crippen LogP contribution < -0.4 is 4.74 Å². The van der Waals surface area contributed by atoms with Crippen LogP contribution in [-0.2, 0) is 14.3 Å². The molecular weight excluding hydrogens is 374 g/mol. The summed E-state index contributed by atoms with van der Waals surface area (Å²) in [7, 11) is 0. The number of hydrogen-bond acceptors (Lipinski definition) is 6. The lowest BCUT2D eigenvalue weighted by Crippen LogP contribution is -2.53. The molecule has 2 N–H and O–H groups in total. The van der Waals surface area contributed by atoms with Crippen molar-refractivity contribution in [2.45, 2.75) is 46.8 Å². The van der Waals surface area contributed by atoms with Crippen LogP contribution in [0.2, 0.25) is 0 Å². The lowest BCUT2D eigenvalue weighted by molar-refractivity contribution is -0.230. The maximum Gasteiger partial charge on any atom is 0.367 e. The van der Waals surface area contributed by atoms with E-state index in [-0.39, 0.29) is 35.2 Å². The molecule has 1 heterocycles. The molecule has 1 atom stereocenters. The zero-order chi connectivity index (χ0) is 21.8. The van der Waals surface area contributed by atoms with Crippen molar-refractivity contribution < 1.29 is 29.4 Å². The Morgan fingerprint density at radius 2 is 1.86 bits per heavy atom. The quantitative estimate of drug-likeness (QED) is 0.393. The molecule has 0 radical (unpaired) electrons. The van der Waals surface area contributed by atoms with Crippen LogP contribution in [-0.4, -0.2) is 46.2 Å². The molecule has 0 aromatic heterocycles. The number of hydrogen-bond donors (Lipinski definition) is 2. The molecule has 29 heavy (non-hydrogen) atoms. The van der Waals surface area contributed by atoms with Crippen LogP contribution in [0.1, 0.15) is 46.6 Å². The Morgan fingerprint density at radius 3 is 2.38 bits per heavy atom. The molecule has 7 nitrogen and oxygen atoms in total. The number of carbonyl (C=O) groups is 2. The number of aliphatic hydroxyl groups is 1. The van der Waals surface area contributed by atoms with Gasteiger partial charge in [0.2, 0.25) is 0 Å². The number of esters is 1. The van der Waals surface area contributed by atoms with E-state index in [4.69, 9.17) is 9.47 Å². The first-order valence-electron chi connectivity index (χ1n) is 9.66. The van der Waals surface area contributed by atoms with Crippen LogP contribution in [0.3, 0.4) is 0 Å². The van der Waals surface area contributed by atoms with Gasteiger partial charge in [0.15, 0.2) is 0 Å². The Morgan fingerprint density at radius 1 is 1.24 bits per heavy atom. The van der Waals surface area contributed by atoms with E-state index in [1.165, 1.54) is 0 Å². The first-order chi connectivity index (χ1) is 13.6. The van der Waals surface area contributed by atoms with E-state index in [0.717, 1.165) is 5.57 Å². The largest absolute Gasteiger partial charge is 0.490 e. The van der Waals surface area contributed by atoms with Gasteiger partial charge in [-0.25, -0.2) is 4.79 Å². The van der Waals surface area contributed by atoms with E-state index in [1.54, 1.807) is 31.2 Å². The second-order valence-corrected chi connectivity index (χ2v) is 7.58. The lowest BCUT2D eigenvalue weighted by atomic mass is 9.90. The first-order valence-corrected chi connectivity index (χ1v) is 9.66. The minimum Gasteiger partial charge on any atom is -0.490 e. The number of nitrogens with zero attached hydrogens (tertiary/aromatic N) is 1. The average Bonchev–Trinajstić information content (AvgIpc) is 2.84. The molecule has 7 heteroatoms. The molecule has 0 saturated carbocycles. The normalized spacial score (nSPS) is 19.0. The maximum absolute atomic E-state index is 12.6. The summed E-state index contributed by atoms with van der Waals surface area (Å²) in [6.45, 7) is 9.75. The molecule has 0 unspecified atom stereocenters. The van der Waals surface area contributed by atoms with Gasteiger partial charge in [0.1, 0.15) is 12.4 Å². The molecule has 1 aromatic rings. The fraction of sp³-hybridized carbons (Fsp3) is 0.455. The second-order valence-electron chi connectivity index (χ2n) is 7.58. The van der Waals surface area contributed by atoms with Gasteiger partial charge in [0.25, 0.3) is 11.6 Å². The van der Waals surface area contributed by atoms with Gasteiger partial charge in [-0.1, -0.05) is 31.6 Å². The van der Waals surface area contributed by atoms with Gasteiger partial charge in [-0.3, -0.25) is 10.0 Å². The van der Waals surface area contributed by atoms with E-state index >= 15 is 0 Å². The third-order valence-electron chi connectivity index (χ3n) is 4.46. The smallest absolute Gasteiger partial charge is 0.367 e. The van der Waals surface area contributed by atoms with Crippen LogP contribution in [0.15, 0.2) is 41.5 Å². The summed E-state index contributed by atoms with van der Waals surface area (Å²) in [5.41, 5.74) is -0.820. The summed E-state index contributed by atoms with van der Waals surface area (Å²) in [5.74, 6) is -1.25. The molecule has 158 valence electrons. The summed E-state index contributed by atoms with van der Waals surface area (Å²) in [6, 6.07) is 6.66. The molecule has 0 bridgehead atoms. The van der Waals surface area contributed by atoms with Crippen molar-refractivity contribution in [2.75, 3.05) is 13.2 Å². The molecule has 0 fully saturated rings. The number of allylic oxidation sites excluding steroid dienone is 1. The Balaban J connectivity index is 2.49. The van der Waals surface area contributed by atoms with E-state index in [1.807, 2.05) is 33.8 Å². The molecule has 0 aliphatic carbocycles. The molecular formula is C22H29NO6. The Bertz CT molecular complexity index is 820. The Hall–Kier alpha value is -2.64.